The van der Waals surface area contributed by atoms with Crippen LogP contribution in [0.1, 0.15) is 6.92 Å². The molecule has 0 aromatic rings. The lowest BCUT2D eigenvalue weighted by atomic mass is 9.99. The van der Waals surface area contributed by atoms with Gasteiger partial charge in [0.25, 0.3) is 0 Å². The highest BCUT2D eigenvalue weighted by molar-refractivity contribution is 5.71. The molecule has 0 bridgehead atoms. The van der Waals surface area contributed by atoms with Gasteiger partial charge in [0.1, 0.15) is 24.4 Å². The summed E-state index contributed by atoms with van der Waals surface area (Å²) in [6, 6.07) is 0. The van der Waals surface area contributed by atoms with E-state index < -0.39 is 49.4 Å². The Morgan fingerprint density at radius 2 is 1.94 bits per heavy atom. The van der Waals surface area contributed by atoms with Gasteiger partial charge >= 0.3 is 5.97 Å². The molecule has 6 atom stereocenters. The van der Waals surface area contributed by atoms with Crippen molar-refractivity contribution in [3.8, 4) is 0 Å². The van der Waals surface area contributed by atoms with Gasteiger partial charge in [-0.25, -0.2) is 4.79 Å². The Bertz CT molecular complexity index is 268. The van der Waals surface area contributed by atoms with Crippen molar-refractivity contribution < 1.29 is 39.8 Å². The van der Waals surface area contributed by atoms with Crippen LogP contribution in [0.3, 0.4) is 0 Å². The van der Waals surface area contributed by atoms with E-state index in [9.17, 15) is 20.1 Å². The molecule has 17 heavy (non-hydrogen) atoms. The molecule has 0 saturated carbocycles. The molecule has 8 heteroatoms. The van der Waals surface area contributed by atoms with Crippen LogP contribution in [-0.2, 0) is 14.3 Å². The number of aliphatic carboxylic acids is 1. The Hall–Kier alpha value is -0.770. The van der Waals surface area contributed by atoms with E-state index >= 15 is 0 Å². The van der Waals surface area contributed by atoms with Gasteiger partial charge in [0, 0.05) is 0 Å². The van der Waals surface area contributed by atoms with Crippen LogP contribution < -0.4 is 0 Å². The summed E-state index contributed by atoms with van der Waals surface area (Å²) in [4.78, 5) is 10.6. The van der Waals surface area contributed by atoms with E-state index in [4.69, 9.17) is 19.7 Å². The van der Waals surface area contributed by atoms with Gasteiger partial charge in [0.05, 0.1) is 6.61 Å². The summed E-state index contributed by atoms with van der Waals surface area (Å²) >= 11 is 0. The zero-order chi connectivity index (χ0) is 13.2. The zero-order valence-electron chi connectivity index (χ0n) is 9.13. The first-order valence-electron chi connectivity index (χ1n) is 5.07. The van der Waals surface area contributed by atoms with Gasteiger partial charge < -0.3 is 35.0 Å². The predicted octanol–water partition coefficient (Wildman–Crippen LogP) is -2.72. The van der Waals surface area contributed by atoms with Crippen molar-refractivity contribution in [2.75, 3.05) is 6.61 Å². The third-order valence-electron chi connectivity index (χ3n) is 2.55. The van der Waals surface area contributed by atoms with Crippen molar-refractivity contribution in [1.29, 1.82) is 0 Å². The number of hydrogen-bond acceptors (Lipinski definition) is 7. The molecule has 1 fully saturated rings. The normalized spacial score (nSPS) is 39.9. The van der Waals surface area contributed by atoms with Crippen LogP contribution in [0, 0.1) is 0 Å². The minimum absolute atomic E-state index is 0.585. The highest BCUT2D eigenvalue weighted by Gasteiger charge is 2.45. The number of aliphatic hydroxyl groups is 4. The van der Waals surface area contributed by atoms with E-state index in [2.05, 4.69) is 0 Å². The molecule has 0 aliphatic carbocycles. The average Bonchev–Trinajstić information content (AvgIpc) is 2.29. The average molecular weight is 252 g/mol. The second-order valence-electron chi connectivity index (χ2n) is 3.81. The molecule has 1 saturated heterocycles. The third-order valence-corrected chi connectivity index (χ3v) is 2.55. The summed E-state index contributed by atoms with van der Waals surface area (Å²) in [7, 11) is 0. The van der Waals surface area contributed by atoms with Gasteiger partial charge in [-0.1, -0.05) is 0 Å². The number of rotatable bonds is 4. The molecule has 1 aliphatic rings. The first-order chi connectivity index (χ1) is 7.88. The van der Waals surface area contributed by atoms with Crippen molar-refractivity contribution in [2.45, 2.75) is 43.7 Å². The maximum absolute atomic E-state index is 10.6. The number of aliphatic hydroxyl groups excluding tert-OH is 4. The van der Waals surface area contributed by atoms with Crippen LogP contribution in [-0.4, -0.2) is 74.9 Å². The minimum Gasteiger partial charge on any atom is -0.479 e. The van der Waals surface area contributed by atoms with Crippen molar-refractivity contribution in [3.63, 3.8) is 0 Å². The monoisotopic (exact) mass is 252 g/mol. The molecule has 1 aliphatic heterocycles. The fraction of sp³-hybridized carbons (Fsp3) is 0.889. The Morgan fingerprint density at radius 3 is 2.41 bits per heavy atom. The maximum atomic E-state index is 10.6. The lowest BCUT2D eigenvalue weighted by Gasteiger charge is -2.40. The van der Waals surface area contributed by atoms with Crippen LogP contribution >= 0.6 is 0 Å². The molecule has 0 amide bonds. The van der Waals surface area contributed by atoms with E-state index in [0.717, 1.165) is 0 Å². The second-order valence-corrected chi connectivity index (χ2v) is 3.81. The van der Waals surface area contributed by atoms with Crippen molar-refractivity contribution >= 4 is 5.97 Å². The minimum atomic E-state index is -1.65. The van der Waals surface area contributed by atoms with Crippen LogP contribution in [0.25, 0.3) is 0 Å². The number of carboxylic acid groups (broad SMARTS) is 1. The third kappa shape index (κ3) is 3.12. The second kappa shape index (κ2) is 5.71. The predicted molar refractivity (Wildman–Crippen MR) is 52.0 cm³/mol. The molecule has 0 aromatic heterocycles. The van der Waals surface area contributed by atoms with E-state index in [1.54, 1.807) is 0 Å². The van der Waals surface area contributed by atoms with Crippen LogP contribution in [0.5, 0.6) is 0 Å². The Balaban J connectivity index is 2.75. The van der Waals surface area contributed by atoms with Crippen LogP contribution in [0.4, 0.5) is 0 Å². The van der Waals surface area contributed by atoms with Crippen LogP contribution in [0.15, 0.2) is 0 Å². The summed E-state index contributed by atoms with van der Waals surface area (Å²) in [5.41, 5.74) is 0. The highest BCUT2D eigenvalue weighted by Crippen LogP contribution is 2.23. The molecule has 1 heterocycles. The summed E-state index contributed by atoms with van der Waals surface area (Å²) in [5, 5.41) is 45.8. The van der Waals surface area contributed by atoms with Crippen LogP contribution in [0.2, 0.25) is 0 Å². The molecule has 0 aromatic carbocycles. The Morgan fingerprint density at radius 1 is 1.35 bits per heavy atom. The lowest BCUT2D eigenvalue weighted by molar-refractivity contribution is -0.298. The SMILES string of the molecule is CC(O[C@H]1[C@H](O)[C@@H](O)[C@H](O)O[C@@H]1CO)C(=O)O. The summed E-state index contributed by atoms with van der Waals surface area (Å²) in [5.74, 6) is -1.26. The van der Waals surface area contributed by atoms with Crippen molar-refractivity contribution in [1.82, 2.24) is 0 Å². The lowest BCUT2D eigenvalue weighted by Crippen LogP contribution is -2.60. The van der Waals surface area contributed by atoms with Gasteiger partial charge in [0.2, 0.25) is 0 Å². The molecule has 0 spiro atoms. The number of carboxylic acids is 1. The zero-order valence-corrected chi connectivity index (χ0v) is 9.13. The Kier molecular flexibility index (Phi) is 4.80. The topological polar surface area (TPSA) is 137 Å². The largest absolute Gasteiger partial charge is 0.479 e. The summed E-state index contributed by atoms with van der Waals surface area (Å²) in [6.45, 7) is 0.652. The highest BCUT2D eigenvalue weighted by atomic mass is 16.7. The van der Waals surface area contributed by atoms with Gasteiger partial charge in [0.15, 0.2) is 12.4 Å². The fourth-order valence-electron chi connectivity index (χ4n) is 1.53. The van der Waals surface area contributed by atoms with E-state index in [-0.39, 0.29) is 0 Å². The van der Waals surface area contributed by atoms with Gasteiger partial charge in [-0.05, 0) is 6.92 Å². The van der Waals surface area contributed by atoms with Crippen molar-refractivity contribution in [3.05, 3.63) is 0 Å². The van der Waals surface area contributed by atoms with E-state index in [1.807, 2.05) is 0 Å². The molecule has 5 N–H and O–H groups in total. The van der Waals surface area contributed by atoms with Gasteiger partial charge in [-0.15, -0.1) is 0 Å². The number of hydrogen-bond donors (Lipinski definition) is 5. The molecular formula is C9H16O8. The van der Waals surface area contributed by atoms with E-state index in [0.29, 0.717) is 0 Å². The summed E-state index contributed by atoms with van der Waals surface area (Å²) in [6.07, 6.45) is -8.40. The molecule has 0 radical (unpaired) electrons. The fourth-order valence-corrected chi connectivity index (χ4v) is 1.53. The quantitative estimate of drug-likeness (QED) is 0.364. The molecule has 100 valence electrons. The van der Waals surface area contributed by atoms with Gasteiger partial charge in [-0.2, -0.15) is 0 Å². The Labute approximate surface area is 97.0 Å². The first-order valence-corrected chi connectivity index (χ1v) is 5.07. The van der Waals surface area contributed by atoms with E-state index in [1.165, 1.54) is 6.92 Å². The smallest absolute Gasteiger partial charge is 0.332 e. The number of ether oxygens (including phenoxy) is 2. The standard InChI is InChI=1S/C9H16O8/c1-3(8(13)14)16-7-4(2-10)17-9(15)6(12)5(7)11/h3-7,9-12,15H,2H2,1H3,(H,13,14)/t3?,4-,5-,6-,7-,9-/m1/s1. The first kappa shape index (κ1) is 14.3. The molecule has 1 unspecified atom stereocenters. The molecule has 8 nitrogen and oxygen atoms in total. The molecule has 1 rings (SSSR count). The molecular weight excluding hydrogens is 236 g/mol. The summed E-state index contributed by atoms with van der Waals surface area (Å²) < 4.78 is 9.77. The van der Waals surface area contributed by atoms with Crippen molar-refractivity contribution in [2.24, 2.45) is 0 Å². The number of carbonyl (C=O) groups is 1. The maximum Gasteiger partial charge on any atom is 0.332 e. The van der Waals surface area contributed by atoms with Gasteiger partial charge in [-0.3, -0.25) is 0 Å².